The highest BCUT2D eigenvalue weighted by atomic mass is 16.2. The van der Waals surface area contributed by atoms with Gasteiger partial charge in [-0.05, 0) is 0 Å². The van der Waals surface area contributed by atoms with Gasteiger partial charge < -0.3 is 10.8 Å². The molecule has 1 aromatic rings. The van der Waals surface area contributed by atoms with Crippen molar-refractivity contribution in [2.24, 2.45) is 0 Å². The van der Waals surface area contributed by atoms with Crippen LogP contribution in [0.1, 0.15) is 0 Å². The van der Waals surface area contributed by atoms with E-state index in [9.17, 15) is 9.59 Å². The van der Waals surface area contributed by atoms with Crippen LogP contribution in [0.25, 0.3) is 0 Å². The Bertz CT molecular complexity index is 310. The molecule has 4 N–H and O–H groups in total. The Morgan fingerprint density at radius 3 is 2.56 bits per heavy atom. The second kappa shape index (κ2) is 1.77. The van der Waals surface area contributed by atoms with Crippen molar-refractivity contribution < 1.29 is 0 Å². The quantitative estimate of drug-likeness (QED) is 0.376. The molecule has 0 unspecified atom stereocenters. The molecule has 1 rings (SSSR count). The second-order valence-electron chi connectivity index (χ2n) is 1.53. The largest absolute Gasteiger partial charge is 0.394 e. The van der Waals surface area contributed by atoms with Crippen LogP contribution in [-0.4, -0.2) is 10.2 Å². The van der Waals surface area contributed by atoms with Crippen LogP contribution in [0.5, 0.6) is 0 Å². The first-order valence-corrected chi connectivity index (χ1v) is 2.27. The van der Waals surface area contributed by atoms with Gasteiger partial charge in [0.2, 0.25) is 0 Å². The van der Waals surface area contributed by atoms with Crippen molar-refractivity contribution >= 4 is 5.69 Å². The number of nitrogen functional groups attached to an aromatic ring is 1. The van der Waals surface area contributed by atoms with E-state index < -0.39 is 11.0 Å². The summed E-state index contributed by atoms with van der Waals surface area (Å²) in [6.07, 6.45) is 1.23. The van der Waals surface area contributed by atoms with Crippen LogP contribution in [0.3, 0.4) is 0 Å². The van der Waals surface area contributed by atoms with E-state index in [1.165, 1.54) is 6.20 Å². The van der Waals surface area contributed by atoms with Gasteiger partial charge in [0.15, 0.2) is 0 Å². The van der Waals surface area contributed by atoms with E-state index in [0.29, 0.717) is 0 Å². The third kappa shape index (κ3) is 0.835. The highest BCUT2D eigenvalue weighted by molar-refractivity contribution is 5.31. The molecule has 0 fully saturated rings. The van der Waals surface area contributed by atoms with Gasteiger partial charge in [-0.1, -0.05) is 0 Å². The normalized spacial score (nSPS) is 9.33. The lowest BCUT2D eigenvalue weighted by Crippen LogP contribution is -2.29. The van der Waals surface area contributed by atoms with Crippen LogP contribution in [0.15, 0.2) is 15.8 Å². The average molecular weight is 127 g/mol. The van der Waals surface area contributed by atoms with Crippen LogP contribution < -0.4 is 16.7 Å². The van der Waals surface area contributed by atoms with Crippen LogP contribution >= 0.6 is 0 Å². The van der Waals surface area contributed by atoms with Gasteiger partial charge in [0, 0.05) is 6.20 Å². The van der Waals surface area contributed by atoms with Crippen molar-refractivity contribution in [1.82, 2.24) is 10.2 Å². The molecule has 0 saturated carbocycles. The molecule has 0 amide bonds. The predicted molar refractivity (Wildman–Crippen MR) is 32.1 cm³/mol. The second-order valence-corrected chi connectivity index (χ2v) is 1.53. The first kappa shape index (κ1) is 5.61. The Hall–Kier alpha value is -1.52. The number of aromatic nitrogens is 2. The predicted octanol–water partition coefficient (Wildman–Crippen LogP) is -1.35. The van der Waals surface area contributed by atoms with Crippen molar-refractivity contribution in [3.05, 3.63) is 26.8 Å². The summed E-state index contributed by atoms with van der Waals surface area (Å²) >= 11 is 0. The van der Waals surface area contributed by atoms with Crippen LogP contribution in [0.2, 0.25) is 0 Å². The minimum atomic E-state index is -0.727. The Balaban J connectivity index is 3.63. The smallest absolute Gasteiger partial charge is 0.312 e. The molecule has 1 heterocycles. The maximum atomic E-state index is 10.5. The van der Waals surface area contributed by atoms with Crippen LogP contribution in [0.4, 0.5) is 5.69 Å². The van der Waals surface area contributed by atoms with Gasteiger partial charge in [0.1, 0.15) is 5.69 Å². The molecule has 0 saturated heterocycles. The van der Waals surface area contributed by atoms with E-state index in [2.05, 4.69) is 10.2 Å². The number of hydrogen-bond acceptors (Lipinski definition) is 3. The molecule has 0 radical (unpaired) electrons. The maximum absolute atomic E-state index is 10.5. The number of H-pyrrole nitrogens is 2. The Labute approximate surface area is 49.5 Å². The lowest BCUT2D eigenvalue weighted by Gasteiger charge is -1.85. The zero-order chi connectivity index (χ0) is 6.85. The van der Waals surface area contributed by atoms with E-state index >= 15 is 0 Å². The third-order valence-electron chi connectivity index (χ3n) is 0.882. The summed E-state index contributed by atoms with van der Waals surface area (Å²) in [4.78, 5) is 20.8. The minimum absolute atomic E-state index is 0.0706. The molecular formula is C4H5N3O2. The average Bonchev–Trinajstić information content (AvgIpc) is 1.83. The zero-order valence-electron chi connectivity index (χ0n) is 4.47. The summed E-state index contributed by atoms with van der Waals surface area (Å²) in [5.41, 5.74) is 3.56. The topological polar surface area (TPSA) is 91.7 Å². The van der Waals surface area contributed by atoms with E-state index in [0.717, 1.165) is 0 Å². The molecule has 0 aliphatic rings. The first-order valence-electron chi connectivity index (χ1n) is 2.27. The van der Waals surface area contributed by atoms with Crippen molar-refractivity contribution in [3.8, 4) is 0 Å². The standard InChI is InChI=1S/C4H5N3O2/c5-2-1-6-7-4(9)3(2)8/h1H,(H,6,8)(H3,5,7,9). The molecule has 0 aromatic carbocycles. The van der Waals surface area contributed by atoms with Crippen molar-refractivity contribution in [2.45, 2.75) is 0 Å². The van der Waals surface area contributed by atoms with Crippen LogP contribution in [0, 0.1) is 0 Å². The first-order chi connectivity index (χ1) is 4.22. The minimum Gasteiger partial charge on any atom is -0.394 e. The fraction of sp³-hybridized carbons (Fsp3) is 0. The number of aromatic amines is 2. The van der Waals surface area contributed by atoms with Crippen molar-refractivity contribution in [2.75, 3.05) is 5.73 Å². The molecule has 5 heteroatoms. The Morgan fingerprint density at radius 1 is 1.44 bits per heavy atom. The highest BCUT2D eigenvalue weighted by Gasteiger charge is 1.94. The summed E-state index contributed by atoms with van der Waals surface area (Å²) in [6, 6.07) is 0. The van der Waals surface area contributed by atoms with Gasteiger partial charge in [-0.25, -0.2) is 0 Å². The molecule has 0 atom stereocenters. The summed E-state index contributed by atoms with van der Waals surface area (Å²) in [6.45, 7) is 0. The van der Waals surface area contributed by atoms with Gasteiger partial charge >= 0.3 is 5.56 Å². The molecule has 48 valence electrons. The highest BCUT2D eigenvalue weighted by Crippen LogP contribution is 1.76. The van der Waals surface area contributed by atoms with E-state index in [-0.39, 0.29) is 5.69 Å². The van der Waals surface area contributed by atoms with E-state index in [1.54, 1.807) is 0 Å². The molecule has 0 bridgehead atoms. The number of nitrogens with one attached hydrogen (secondary N) is 2. The lowest BCUT2D eigenvalue weighted by atomic mass is 10.5. The van der Waals surface area contributed by atoms with Crippen molar-refractivity contribution in [3.63, 3.8) is 0 Å². The van der Waals surface area contributed by atoms with Crippen LogP contribution in [-0.2, 0) is 0 Å². The summed E-state index contributed by atoms with van der Waals surface area (Å²) in [5.74, 6) is 0. The summed E-state index contributed by atoms with van der Waals surface area (Å²) < 4.78 is 0. The third-order valence-corrected chi connectivity index (χ3v) is 0.882. The SMILES string of the molecule is Nc1c[nH][nH]c(=O)c1=O. The van der Waals surface area contributed by atoms with Gasteiger partial charge in [0.05, 0.1) is 0 Å². The van der Waals surface area contributed by atoms with Gasteiger partial charge in [-0.3, -0.25) is 14.7 Å². The zero-order valence-corrected chi connectivity index (χ0v) is 4.47. The maximum Gasteiger partial charge on any atom is 0.312 e. The van der Waals surface area contributed by atoms with E-state index in [4.69, 9.17) is 5.73 Å². The number of hydrogen-bond donors (Lipinski definition) is 3. The monoisotopic (exact) mass is 127 g/mol. The molecule has 0 spiro atoms. The lowest BCUT2D eigenvalue weighted by molar-refractivity contribution is 0.976. The van der Waals surface area contributed by atoms with Gasteiger partial charge in [0.25, 0.3) is 5.43 Å². The van der Waals surface area contributed by atoms with E-state index in [1.807, 2.05) is 0 Å². The molecule has 5 nitrogen and oxygen atoms in total. The molecule has 9 heavy (non-hydrogen) atoms. The number of rotatable bonds is 0. The van der Waals surface area contributed by atoms with Gasteiger partial charge in [-0.15, -0.1) is 0 Å². The number of anilines is 1. The Morgan fingerprint density at radius 2 is 2.11 bits per heavy atom. The fourth-order valence-corrected chi connectivity index (χ4v) is 0.433. The summed E-state index contributed by atoms with van der Waals surface area (Å²) in [7, 11) is 0. The molecular weight excluding hydrogens is 122 g/mol. The summed E-state index contributed by atoms with van der Waals surface area (Å²) in [5, 5.41) is 4.37. The molecule has 0 aliphatic heterocycles. The van der Waals surface area contributed by atoms with Gasteiger partial charge in [-0.2, -0.15) is 0 Å². The fourth-order valence-electron chi connectivity index (χ4n) is 0.433. The molecule has 1 aromatic heterocycles. The number of nitrogens with two attached hydrogens (primary N) is 1. The molecule has 0 aliphatic carbocycles. The Kier molecular flexibility index (Phi) is 1.11. The van der Waals surface area contributed by atoms with Crippen molar-refractivity contribution in [1.29, 1.82) is 0 Å².